The summed E-state index contributed by atoms with van der Waals surface area (Å²) >= 11 is 0. The Hall–Kier alpha value is -7.81. The first-order chi connectivity index (χ1) is 30.2. The van der Waals surface area contributed by atoms with Gasteiger partial charge < -0.3 is 0 Å². The monoisotopic (exact) mass is 778 g/mol. The zero-order chi connectivity index (χ0) is 40.7. The molecular formula is C59H42N2. The highest BCUT2D eigenvalue weighted by molar-refractivity contribution is 6.23. The number of hydrogen-bond acceptors (Lipinski definition) is 1. The molecule has 0 saturated carbocycles. The van der Waals surface area contributed by atoms with Gasteiger partial charge in [-0.1, -0.05) is 189 Å². The first-order valence-electron chi connectivity index (χ1n) is 21.2. The molecule has 288 valence electrons. The van der Waals surface area contributed by atoms with Crippen LogP contribution in [-0.2, 0) is 6.42 Å². The third kappa shape index (κ3) is 6.50. The Morgan fingerprint density at radius 3 is 1.59 bits per heavy atom. The minimum atomic E-state index is 0.848. The molecule has 0 spiro atoms. The van der Waals surface area contributed by atoms with Crippen molar-refractivity contribution in [3.8, 4) is 72.4 Å². The number of hydrogen-bond donors (Lipinski definition) is 0. The molecule has 2 nitrogen and oxygen atoms in total. The average molecular weight is 779 g/mol. The lowest BCUT2D eigenvalue weighted by atomic mass is 9.82. The number of aromatic nitrogens is 2. The number of nitrogens with zero attached hydrogens (tertiary/aromatic N) is 2. The molecule has 1 aromatic heterocycles. The Morgan fingerprint density at radius 2 is 0.869 bits per heavy atom. The zero-order valence-electron chi connectivity index (χ0n) is 34.0. The molecule has 0 fully saturated rings. The Kier molecular flexibility index (Phi) is 9.17. The minimum Gasteiger partial charge on any atom is -0.296 e. The first kappa shape index (κ1) is 36.3. The van der Waals surface area contributed by atoms with Crippen molar-refractivity contribution in [3.63, 3.8) is 0 Å². The summed E-state index contributed by atoms with van der Waals surface area (Å²) in [6.45, 7) is 2.18. The third-order valence-electron chi connectivity index (χ3n) is 12.1. The van der Waals surface area contributed by atoms with Crippen LogP contribution >= 0.6 is 0 Å². The standard InChI is InChI=1S/C59H42N2/c1-2-57-60-55-30-14-15-31-56(55)61(57)48-27-17-25-44(37-48)43-24-16-26-47(36-43)58-49-28-12-13-29-50(49)59(54-39-46(33-35-52(54)58)41-20-8-4-9-21-41)51-34-32-45(40-18-6-3-7-19-40)38-53(51)42-22-10-5-11-23-42/h3-39H,2H2,1H3. The number of aryl methyl sites for hydroxylation is 1. The average Bonchev–Trinajstić information content (AvgIpc) is 3.73. The maximum atomic E-state index is 4.98. The minimum absolute atomic E-state index is 0.848. The largest absolute Gasteiger partial charge is 0.296 e. The third-order valence-corrected chi connectivity index (χ3v) is 12.1. The summed E-state index contributed by atoms with van der Waals surface area (Å²) in [6.07, 6.45) is 0.848. The predicted octanol–water partition coefficient (Wildman–Crippen LogP) is 15.9. The topological polar surface area (TPSA) is 17.8 Å². The highest BCUT2D eigenvalue weighted by atomic mass is 15.1. The summed E-state index contributed by atoms with van der Waals surface area (Å²) in [5, 5.41) is 4.91. The van der Waals surface area contributed by atoms with Crippen molar-refractivity contribution in [2.45, 2.75) is 13.3 Å². The predicted molar refractivity (Wildman–Crippen MR) is 258 cm³/mol. The molecule has 1 heterocycles. The van der Waals surface area contributed by atoms with Gasteiger partial charge in [0.05, 0.1) is 11.0 Å². The highest BCUT2D eigenvalue weighted by Gasteiger charge is 2.21. The van der Waals surface area contributed by atoms with Gasteiger partial charge in [0, 0.05) is 12.1 Å². The van der Waals surface area contributed by atoms with E-state index in [1.54, 1.807) is 0 Å². The lowest BCUT2D eigenvalue weighted by Gasteiger charge is -2.21. The second kappa shape index (κ2) is 15.4. The van der Waals surface area contributed by atoms with E-state index in [9.17, 15) is 0 Å². The van der Waals surface area contributed by atoms with Crippen LogP contribution in [0, 0.1) is 0 Å². The van der Waals surface area contributed by atoms with E-state index in [4.69, 9.17) is 4.98 Å². The van der Waals surface area contributed by atoms with E-state index in [1.165, 1.54) is 88.3 Å². The Bertz CT molecular complexity index is 3380. The van der Waals surface area contributed by atoms with E-state index >= 15 is 0 Å². The number of fused-ring (bicyclic) bond motifs is 3. The lowest BCUT2D eigenvalue weighted by Crippen LogP contribution is -2.00. The van der Waals surface area contributed by atoms with Crippen LogP contribution in [0.4, 0.5) is 0 Å². The van der Waals surface area contributed by atoms with Crippen LogP contribution in [0.15, 0.2) is 224 Å². The van der Waals surface area contributed by atoms with Gasteiger partial charge >= 0.3 is 0 Å². The van der Waals surface area contributed by atoms with Gasteiger partial charge in [-0.25, -0.2) is 4.98 Å². The van der Waals surface area contributed by atoms with Crippen LogP contribution in [0.2, 0.25) is 0 Å². The van der Waals surface area contributed by atoms with E-state index in [0.29, 0.717) is 0 Å². The smallest absolute Gasteiger partial charge is 0.114 e. The van der Waals surface area contributed by atoms with Crippen molar-refractivity contribution in [3.05, 3.63) is 230 Å². The molecule has 0 aliphatic heterocycles. The Labute approximate surface area is 356 Å². The van der Waals surface area contributed by atoms with Crippen molar-refractivity contribution in [2.75, 3.05) is 0 Å². The van der Waals surface area contributed by atoms with E-state index in [-0.39, 0.29) is 0 Å². The molecule has 10 aromatic carbocycles. The summed E-state index contributed by atoms with van der Waals surface area (Å²) < 4.78 is 2.31. The lowest BCUT2D eigenvalue weighted by molar-refractivity contribution is 0.908. The van der Waals surface area contributed by atoms with Crippen LogP contribution in [-0.4, -0.2) is 9.55 Å². The fraction of sp³-hybridized carbons (Fsp3) is 0.0339. The van der Waals surface area contributed by atoms with Gasteiger partial charge in [-0.05, 0) is 131 Å². The van der Waals surface area contributed by atoms with Crippen LogP contribution < -0.4 is 0 Å². The van der Waals surface area contributed by atoms with Crippen LogP contribution in [0.1, 0.15) is 12.7 Å². The normalized spacial score (nSPS) is 11.4. The quantitative estimate of drug-likeness (QED) is 0.141. The molecule has 0 aliphatic carbocycles. The molecule has 11 rings (SSSR count). The summed E-state index contributed by atoms with van der Waals surface area (Å²) in [4.78, 5) is 4.98. The molecule has 61 heavy (non-hydrogen) atoms. The van der Waals surface area contributed by atoms with Crippen LogP contribution in [0.25, 0.3) is 105 Å². The number of para-hydroxylation sites is 2. The van der Waals surface area contributed by atoms with E-state index in [1.807, 2.05) is 0 Å². The number of benzene rings is 10. The van der Waals surface area contributed by atoms with Gasteiger partial charge in [-0.2, -0.15) is 0 Å². The van der Waals surface area contributed by atoms with Crippen molar-refractivity contribution < 1.29 is 0 Å². The van der Waals surface area contributed by atoms with Gasteiger partial charge in [0.1, 0.15) is 5.82 Å². The fourth-order valence-corrected chi connectivity index (χ4v) is 9.30. The van der Waals surface area contributed by atoms with Gasteiger partial charge in [0.15, 0.2) is 0 Å². The molecule has 0 bridgehead atoms. The maximum absolute atomic E-state index is 4.98. The van der Waals surface area contributed by atoms with E-state index in [0.717, 1.165) is 29.0 Å². The van der Waals surface area contributed by atoms with Crippen molar-refractivity contribution >= 4 is 32.6 Å². The molecule has 0 unspecified atom stereocenters. The number of rotatable bonds is 8. The molecule has 0 radical (unpaired) electrons. The van der Waals surface area contributed by atoms with Gasteiger partial charge in [-0.15, -0.1) is 0 Å². The van der Waals surface area contributed by atoms with Gasteiger partial charge in [0.25, 0.3) is 0 Å². The summed E-state index contributed by atoms with van der Waals surface area (Å²) in [6, 6.07) is 81.8. The molecular weight excluding hydrogens is 737 g/mol. The summed E-state index contributed by atoms with van der Waals surface area (Å²) in [5.74, 6) is 1.06. The maximum Gasteiger partial charge on any atom is 0.114 e. The van der Waals surface area contributed by atoms with E-state index in [2.05, 4.69) is 236 Å². The van der Waals surface area contributed by atoms with E-state index < -0.39 is 0 Å². The Morgan fingerprint density at radius 1 is 0.344 bits per heavy atom. The molecule has 2 heteroatoms. The first-order valence-corrected chi connectivity index (χ1v) is 21.2. The molecule has 0 saturated heterocycles. The van der Waals surface area contributed by atoms with Crippen LogP contribution in [0.5, 0.6) is 0 Å². The van der Waals surface area contributed by atoms with Crippen molar-refractivity contribution in [1.82, 2.24) is 9.55 Å². The summed E-state index contributed by atoms with van der Waals surface area (Å²) in [7, 11) is 0. The van der Waals surface area contributed by atoms with Gasteiger partial charge in [0.2, 0.25) is 0 Å². The molecule has 0 amide bonds. The van der Waals surface area contributed by atoms with Crippen molar-refractivity contribution in [1.29, 1.82) is 0 Å². The molecule has 0 atom stereocenters. The second-order valence-electron chi connectivity index (χ2n) is 15.8. The summed E-state index contributed by atoms with van der Waals surface area (Å²) in [5.41, 5.74) is 17.7. The van der Waals surface area contributed by atoms with Gasteiger partial charge in [-0.3, -0.25) is 4.57 Å². The van der Waals surface area contributed by atoms with Crippen molar-refractivity contribution in [2.24, 2.45) is 0 Å². The molecule has 0 N–H and O–H groups in total. The second-order valence-corrected chi connectivity index (χ2v) is 15.8. The molecule has 11 aromatic rings. The van der Waals surface area contributed by atoms with Crippen LogP contribution in [0.3, 0.4) is 0 Å². The Balaban J connectivity index is 1.15. The molecule has 0 aliphatic rings. The zero-order valence-corrected chi connectivity index (χ0v) is 34.0. The highest BCUT2D eigenvalue weighted by Crippen LogP contribution is 2.48. The SMILES string of the molecule is CCc1nc2ccccc2n1-c1cccc(-c2cccc(-c3c4ccccc4c(-c4ccc(-c5ccccc5)cc4-c4ccccc4)c4cc(-c5ccccc5)ccc34)c2)c1. The number of imidazole rings is 1. The fourth-order valence-electron chi connectivity index (χ4n) is 9.30.